The highest BCUT2D eigenvalue weighted by atomic mass is 16.2. The number of quaternary nitrogens is 2. The molecule has 0 N–H and O–H groups in total. The second-order valence-corrected chi connectivity index (χ2v) is 11.8. The summed E-state index contributed by atoms with van der Waals surface area (Å²) in [7, 11) is 6.29. The number of rotatable bonds is 14. The van der Waals surface area contributed by atoms with Crippen molar-refractivity contribution in [2.75, 3.05) is 52.4 Å². The first-order valence-corrected chi connectivity index (χ1v) is 15.3. The highest BCUT2D eigenvalue weighted by Crippen LogP contribution is 2.16. The van der Waals surface area contributed by atoms with Crippen LogP contribution in [0, 0.1) is 0 Å². The van der Waals surface area contributed by atoms with Gasteiger partial charge in [0.1, 0.15) is 0 Å². The Morgan fingerprint density at radius 2 is 0.907 bits per heavy atom. The van der Waals surface area contributed by atoms with E-state index in [9.17, 15) is 19.2 Å². The predicted molar refractivity (Wildman–Crippen MR) is 167 cm³/mol. The number of aryl methyl sites for hydroxylation is 2. The van der Waals surface area contributed by atoms with Crippen molar-refractivity contribution >= 4 is 22.3 Å². The van der Waals surface area contributed by atoms with Crippen LogP contribution >= 0.6 is 0 Å². The molecule has 0 amide bonds. The Morgan fingerprint density at radius 3 is 1.23 bits per heavy atom. The van der Waals surface area contributed by atoms with E-state index in [4.69, 9.17) is 0 Å². The predicted octanol–water partition coefficient (Wildman–Crippen LogP) is -0.0157. The average molecular weight is 601 g/mol. The average Bonchev–Trinajstić information content (AvgIpc) is 3.65. The lowest BCUT2D eigenvalue weighted by atomic mass is 10.2. The maximum Gasteiger partial charge on any atom is 0.332 e. The maximum absolute atomic E-state index is 12.9. The Morgan fingerprint density at radius 1 is 0.558 bits per heavy atom. The minimum absolute atomic E-state index is 0.319. The lowest BCUT2D eigenvalue weighted by Gasteiger charge is -2.40. The van der Waals surface area contributed by atoms with Crippen LogP contribution in [0.3, 0.4) is 0 Å². The van der Waals surface area contributed by atoms with Gasteiger partial charge in [0.15, 0.2) is 22.3 Å². The van der Waals surface area contributed by atoms with Gasteiger partial charge in [0, 0.05) is 34.6 Å². The van der Waals surface area contributed by atoms with Crippen molar-refractivity contribution in [3.63, 3.8) is 0 Å². The fraction of sp³-hybridized carbons (Fsp3) is 0.655. The van der Waals surface area contributed by atoms with Gasteiger partial charge in [0.2, 0.25) is 0 Å². The number of aromatic nitrogens is 8. The largest absolute Gasteiger partial charge is 0.332 e. The van der Waals surface area contributed by atoms with E-state index < -0.39 is 0 Å². The molecule has 4 aromatic rings. The Hall–Kier alpha value is -3.78. The summed E-state index contributed by atoms with van der Waals surface area (Å²) in [6.45, 7) is 17.8. The summed E-state index contributed by atoms with van der Waals surface area (Å²) in [6.07, 6.45) is 4.38. The van der Waals surface area contributed by atoms with Gasteiger partial charge in [-0.15, -0.1) is 0 Å². The van der Waals surface area contributed by atoms with Gasteiger partial charge in [-0.05, 0) is 27.7 Å². The third-order valence-electron chi connectivity index (χ3n) is 10.0. The van der Waals surface area contributed by atoms with Gasteiger partial charge in [-0.1, -0.05) is 0 Å². The number of hydrogen-bond acceptors (Lipinski definition) is 6. The molecule has 0 atom stereocenters. The van der Waals surface area contributed by atoms with Crippen LogP contribution in [0.25, 0.3) is 22.3 Å². The summed E-state index contributed by atoms with van der Waals surface area (Å²) in [6, 6.07) is 0. The first-order valence-electron chi connectivity index (χ1n) is 15.3. The molecule has 14 nitrogen and oxygen atoms in total. The maximum atomic E-state index is 12.9. The van der Waals surface area contributed by atoms with Crippen molar-refractivity contribution in [1.29, 1.82) is 0 Å². The van der Waals surface area contributed by atoms with Gasteiger partial charge in [0.25, 0.3) is 11.1 Å². The molecule has 14 heteroatoms. The molecule has 4 heterocycles. The molecule has 0 spiro atoms. The zero-order chi connectivity index (χ0) is 31.7. The Balaban J connectivity index is 1.48. The summed E-state index contributed by atoms with van der Waals surface area (Å²) in [5, 5.41) is 0. The van der Waals surface area contributed by atoms with Gasteiger partial charge in [0.05, 0.1) is 78.1 Å². The van der Waals surface area contributed by atoms with E-state index in [1.54, 1.807) is 26.7 Å². The lowest BCUT2D eigenvalue weighted by molar-refractivity contribution is -0.943. The van der Waals surface area contributed by atoms with Gasteiger partial charge in [-0.3, -0.25) is 27.9 Å². The van der Waals surface area contributed by atoms with Crippen LogP contribution < -0.4 is 22.5 Å². The van der Waals surface area contributed by atoms with Gasteiger partial charge < -0.3 is 18.1 Å². The molecule has 0 aliphatic heterocycles. The molecular weight excluding hydrogens is 552 g/mol. The molecule has 0 aliphatic carbocycles. The fourth-order valence-corrected chi connectivity index (χ4v) is 6.45. The van der Waals surface area contributed by atoms with Crippen molar-refractivity contribution < 1.29 is 8.97 Å². The molecule has 0 aromatic carbocycles. The first-order chi connectivity index (χ1) is 20.4. The van der Waals surface area contributed by atoms with E-state index in [1.807, 2.05) is 9.13 Å². The highest BCUT2D eigenvalue weighted by molar-refractivity contribution is 5.70. The molecular formula is C29H48N10O4+2. The quantitative estimate of drug-likeness (QED) is 0.188. The summed E-state index contributed by atoms with van der Waals surface area (Å²) < 4.78 is 10.7. The van der Waals surface area contributed by atoms with E-state index in [0.717, 1.165) is 76.9 Å². The second-order valence-electron chi connectivity index (χ2n) is 11.8. The molecule has 4 rings (SSSR count). The van der Waals surface area contributed by atoms with E-state index in [2.05, 4.69) is 37.7 Å². The summed E-state index contributed by atoms with van der Waals surface area (Å²) in [4.78, 5) is 59.3. The Labute approximate surface area is 250 Å². The van der Waals surface area contributed by atoms with Crippen molar-refractivity contribution in [2.45, 2.75) is 47.2 Å². The molecule has 0 saturated heterocycles. The van der Waals surface area contributed by atoms with Crippen molar-refractivity contribution in [3.8, 4) is 0 Å². The molecule has 236 valence electrons. The zero-order valence-electron chi connectivity index (χ0n) is 27.0. The lowest BCUT2D eigenvalue weighted by Crippen LogP contribution is -2.54. The third kappa shape index (κ3) is 5.65. The van der Waals surface area contributed by atoms with Crippen LogP contribution in [-0.2, 0) is 41.3 Å². The van der Waals surface area contributed by atoms with E-state index in [-0.39, 0.29) is 22.5 Å². The second kappa shape index (κ2) is 12.4. The number of nitrogens with zero attached hydrogens (tertiary/aromatic N) is 10. The van der Waals surface area contributed by atoms with E-state index >= 15 is 0 Å². The van der Waals surface area contributed by atoms with E-state index in [0.29, 0.717) is 35.4 Å². The smallest absolute Gasteiger partial charge is 0.322 e. The van der Waals surface area contributed by atoms with Gasteiger partial charge in [-0.25, -0.2) is 19.6 Å². The van der Waals surface area contributed by atoms with Crippen LogP contribution in [0.15, 0.2) is 31.8 Å². The fourth-order valence-electron chi connectivity index (χ4n) is 6.45. The molecule has 0 bridgehead atoms. The molecule has 4 aromatic heterocycles. The summed E-state index contributed by atoms with van der Waals surface area (Å²) in [5.74, 6) is 0. The molecule has 43 heavy (non-hydrogen) atoms. The van der Waals surface area contributed by atoms with Crippen molar-refractivity contribution in [3.05, 3.63) is 54.3 Å². The van der Waals surface area contributed by atoms with Crippen LogP contribution in [-0.4, -0.2) is 98.7 Å². The molecule has 0 fully saturated rings. The first kappa shape index (κ1) is 32.1. The number of imidazole rings is 2. The van der Waals surface area contributed by atoms with Gasteiger partial charge in [-0.2, -0.15) is 0 Å². The van der Waals surface area contributed by atoms with Crippen LogP contribution in [0.2, 0.25) is 0 Å². The van der Waals surface area contributed by atoms with Crippen LogP contribution in [0.5, 0.6) is 0 Å². The number of hydrogen-bond donors (Lipinski definition) is 0. The van der Waals surface area contributed by atoms with Gasteiger partial charge >= 0.3 is 11.4 Å². The standard InChI is InChI=1S/C29H48N10O4/c1-9-38(10-2,18-14-36-20-30-24-22(36)26(40)34(7)28(42)32(24)5)16-13-17-39(11-3,12-4)19-15-37-21-31-25-23(37)27(41)35(8)29(43)33(25)6/h20-21H,9-19H2,1-8H3/q+2. The molecule has 0 unspecified atom stereocenters. The highest BCUT2D eigenvalue weighted by Gasteiger charge is 2.29. The van der Waals surface area contributed by atoms with Crippen LogP contribution in [0.4, 0.5) is 0 Å². The minimum Gasteiger partial charge on any atom is -0.322 e. The zero-order valence-corrected chi connectivity index (χ0v) is 27.0. The topological polar surface area (TPSA) is 124 Å². The Bertz CT molecular complexity index is 1710. The third-order valence-corrected chi connectivity index (χ3v) is 10.0. The van der Waals surface area contributed by atoms with Crippen molar-refractivity contribution in [1.82, 2.24) is 37.4 Å². The minimum atomic E-state index is -0.377. The normalized spacial score (nSPS) is 12.7. The summed E-state index contributed by atoms with van der Waals surface area (Å²) in [5.41, 5.74) is 0.362. The number of likely N-dealkylation sites (N-methyl/N-ethyl adjacent to an activating group) is 2. The number of fused-ring (bicyclic) bond motifs is 2. The SMILES string of the molecule is CC[N+](CC)(CCC[N+](CC)(CC)CCn1cnc2c1c(=O)n(C)c(=O)n2C)CCn1cnc2c1c(=O)n(C)c(=O)n2C. The van der Waals surface area contributed by atoms with Crippen molar-refractivity contribution in [2.24, 2.45) is 28.2 Å². The van der Waals surface area contributed by atoms with Crippen LogP contribution in [0.1, 0.15) is 34.1 Å². The molecule has 0 saturated carbocycles. The molecule has 0 radical (unpaired) electrons. The van der Waals surface area contributed by atoms with E-state index in [1.165, 1.54) is 23.2 Å². The summed E-state index contributed by atoms with van der Waals surface area (Å²) >= 11 is 0. The molecule has 0 aliphatic rings. The Kier molecular flexibility index (Phi) is 9.30. The monoisotopic (exact) mass is 600 g/mol.